The molecule has 8 rings (SSSR count). The summed E-state index contributed by atoms with van der Waals surface area (Å²) in [5.41, 5.74) is 11.4. The van der Waals surface area contributed by atoms with Gasteiger partial charge in [0.1, 0.15) is 0 Å². The predicted molar refractivity (Wildman–Crippen MR) is 200 cm³/mol. The molecule has 6 aromatic carbocycles. The van der Waals surface area contributed by atoms with Crippen molar-refractivity contribution in [3.05, 3.63) is 145 Å². The number of thiophene rings is 1. The van der Waals surface area contributed by atoms with E-state index in [4.69, 9.17) is 0 Å². The van der Waals surface area contributed by atoms with Gasteiger partial charge in [0.2, 0.25) is 0 Å². The van der Waals surface area contributed by atoms with Gasteiger partial charge in [-0.05, 0) is 81.9 Å². The Hall–Kier alpha value is -4.44. The van der Waals surface area contributed by atoms with Crippen molar-refractivity contribution >= 4 is 61.8 Å². The Labute approximate surface area is 271 Å². The summed E-state index contributed by atoms with van der Waals surface area (Å²) < 4.78 is 2.65. The Bertz CT molecular complexity index is 2220. The molecule has 1 heterocycles. The van der Waals surface area contributed by atoms with Crippen LogP contribution in [0, 0.1) is 0 Å². The summed E-state index contributed by atoms with van der Waals surface area (Å²) in [7, 11) is -1.33. The number of fused-ring (bicyclic) bond motifs is 6. The van der Waals surface area contributed by atoms with Crippen LogP contribution in [0.15, 0.2) is 133 Å². The van der Waals surface area contributed by atoms with Crippen molar-refractivity contribution in [1.82, 2.24) is 0 Å². The van der Waals surface area contributed by atoms with Gasteiger partial charge in [0.25, 0.3) is 0 Å². The predicted octanol–water partition coefficient (Wildman–Crippen LogP) is 12.0. The molecule has 0 saturated heterocycles. The second-order valence-corrected chi connectivity index (χ2v) is 20.0. The highest BCUT2D eigenvalue weighted by atomic mass is 32.1. The summed E-state index contributed by atoms with van der Waals surface area (Å²) in [6.07, 6.45) is 0. The van der Waals surface area contributed by atoms with E-state index < -0.39 is 8.07 Å². The fourth-order valence-corrected chi connectivity index (χ4v) is 9.35. The van der Waals surface area contributed by atoms with E-state index in [1.165, 1.54) is 70.1 Å². The van der Waals surface area contributed by atoms with Crippen molar-refractivity contribution in [1.29, 1.82) is 0 Å². The van der Waals surface area contributed by atoms with Gasteiger partial charge in [-0.15, -0.1) is 11.3 Å². The molecule has 0 unspecified atom stereocenters. The van der Waals surface area contributed by atoms with Crippen LogP contribution in [0.2, 0.25) is 19.6 Å². The molecule has 0 N–H and O–H groups in total. The third-order valence-corrected chi connectivity index (χ3v) is 12.9. The first-order valence-corrected chi connectivity index (χ1v) is 20.2. The zero-order valence-corrected chi connectivity index (χ0v) is 28.4. The molecule has 0 fully saturated rings. The minimum Gasteiger partial charge on any atom is -0.310 e. The quantitative estimate of drug-likeness (QED) is 0.174. The highest BCUT2D eigenvalue weighted by Crippen LogP contribution is 2.51. The molecule has 0 radical (unpaired) electrons. The summed E-state index contributed by atoms with van der Waals surface area (Å²) in [6, 6.07) is 50.0. The van der Waals surface area contributed by atoms with E-state index in [1.807, 2.05) is 11.3 Å². The largest absolute Gasteiger partial charge is 0.310 e. The summed E-state index contributed by atoms with van der Waals surface area (Å²) in [6.45, 7) is 11.9. The molecule has 0 saturated carbocycles. The number of anilines is 3. The Morgan fingerprint density at radius 3 is 1.84 bits per heavy atom. The second-order valence-electron chi connectivity index (χ2n) is 13.9. The molecule has 3 heteroatoms. The third kappa shape index (κ3) is 4.65. The van der Waals surface area contributed by atoms with E-state index in [-0.39, 0.29) is 5.41 Å². The third-order valence-electron chi connectivity index (χ3n) is 9.65. The maximum atomic E-state index is 2.43. The summed E-state index contributed by atoms with van der Waals surface area (Å²) in [5, 5.41) is 4.13. The van der Waals surface area contributed by atoms with Gasteiger partial charge in [0.05, 0.1) is 8.07 Å². The molecule has 220 valence electrons. The number of benzene rings is 6. The summed E-state index contributed by atoms with van der Waals surface area (Å²) in [5.74, 6) is 0. The zero-order valence-electron chi connectivity index (χ0n) is 26.6. The Morgan fingerprint density at radius 1 is 0.511 bits per heavy atom. The lowest BCUT2D eigenvalue weighted by Crippen LogP contribution is -2.37. The van der Waals surface area contributed by atoms with Crippen molar-refractivity contribution in [2.45, 2.75) is 38.9 Å². The molecular weight excluding hydrogens is 579 g/mol. The van der Waals surface area contributed by atoms with Crippen LogP contribution in [0.4, 0.5) is 17.1 Å². The zero-order chi connectivity index (χ0) is 30.9. The Kier molecular flexibility index (Phi) is 6.42. The molecule has 45 heavy (non-hydrogen) atoms. The molecule has 7 aromatic rings. The molecule has 1 aliphatic carbocycles. The molecule has 1 aliphatic rings. The number of hydrogen-bond donors (Lipinski definition) is 0. The fraction of sp³-hybridized carbons (Fsp3) is 0.143. The van der Waals surface area contributed by atoms with Crippen LogP contribution in [0.5, 0.6) is 0 Å². The lowest BCUT2D eigenvalue weighted by atomic mass is 9.82. The molecule has 1 nitrogen and oxygen atoms in total. The standard InChI is InChI=1S/C42H37NSSi/c1-42(2)38-12-8-6-10-34(38)35-24-20-32(27-39(35)42)43(31-21-25-41-37(26-31)36-11-7-9-13-40(36)44-41)30-18-14-28(15-19-30)29-16-22-33(23-17-29)45(3,4)5/h6-27H,1-5H3. The summed E-state index contributed by atoms with van der Waals surface area (Å²) in [4.78, 5) is 2.43. The maximum absolute atomic E-state index is 2.43. The van der Waals surface area contributed by atoms with Gasteiger partial charge in [-0.2, -0.15) is 0 Å². The lowest BCUT2D eigenvalue weighted by Gasteiger charge is -2.28. The average Bonchev–Trinajstić information content (AvgIpc) is 3.53. The summed E-state index contributed by atoms with van der Waals surface area (Å²) >= 11 is 1.87. The first-order chi connectivity index (χ1) is 21.7. The number of rotatable bonds is 5. The van der Waals surface area contributed by atoms with Crippen molar-refractivity contribution in [3.63, 3.8) is 0 Å². The molecule has 0 bridgehead atoms. The van der Waals surface area contributed by atoms with Crippen LogP contribution >= 0.6 is 11.3 Å². The normalized spacial score (nSPS) is 13.6. The van der Waals surface area contributed by atoms with Gasteiger partial charge >= 0.3 is 0 Å². The maximum Gasteiger partial charge on any atom is 0.0775 e. The van der Waals surface area contributed by atoms with E-state index in [0.717, 1.165) is 5.69 Å². The van der Waals surface area contributed by atoms with E-state index in [1.54, 1.807) is 0 Å². The van der Waals surface area contributed by atoms with Gasteiger partial charge in [0, 0.05) is 42.6 Å². The average molecular weight is 616 g/mol. The Morgan fingerprint density at radius 2 is 1.09 bits per heavy atom. The van der Waals surface area contributed by atoms with Crippen LogP contribution in [-0.2, 0) is 5.41 Å². The topological polar surface area (TPSA) is 3.24 Å². The van der Waals surface area contributed by atoms with Crippen molar-refractivity contribution in [3.8, 4) is 22.3 Å². The van der Waals surface area contributed by atoms with E-state index in [0.29, 0.717) is 0 Å². The fourth-order valence-electron chi connectivity index (χ4n) is 7.10. The second kappa shape index (κ2) is 10.3. The lowest BCUT2D eigenvalue weighted by molar-refractivity contribution is 0.660. The van der Waals surface area contributed by atoms with Gasteiger partial charge in [-0.3, -0.25) is 0 Å². The number of hydrogen-bond acceptors (Lipinski definition) is 2. The Balaban J connectivity index is 1.26. The van der Waals surface area contributed by atoms with Crippen molar-refractivity contribution in [2.24, 2.45) is 0 Å². The minimum absolute atomic E-state index is 0.0624. The molecule has 1 aromatic heterocycles. The van der Waals surface area contributed by atoms with Crippen molar-refractivity contribution in [2.75, 3.05) is 4.90 Å². The van der Waals surface area contributed by atoms with E-state index >= 15 is 0 Å². The van der Waals surface area contributed by atoms with E-state index in [2.05, 4.69) is 172 Å². The van der Waals surface area contributed by atoms with Gasteiger partial charge in [-0.1, -0.05) is 124 Å². The van der Waals surface area contributed by atoms with Gasteiger partial charge in [0.15, 0.2) is 0 Å². The highest BCUT2D eigenvalue weighted by molar-refractivity contribution is 7.25. The van der Waals surface area contributed by atoms with Crippen molar-refractivity contribution < 1.29 is 0 Å². The SMILES string of the molecule is CC1(C)c2ccccc2-c2ccc(N(c3ccc(-c4ccc([Si](C)(C)C)cc4)cc3)c3ccc4sc5ccccc5c4c3)cc21. The molecular formula is C42H37NSSi. The van der Waals surface area contributed by atoms with Crippen LogP contribution in [0.1, 0.15) is 25.0 Å². The minimum atomic E-state index is -1.33. The van der Waals surface area contributed by atoms with E-state index in [9.17, 15) is 0 Å². The van der Waals surface area contributed by atoms with Crippen LogP contribution < -0.4 is 10.1 Å². The first kappa shape index (κ1) is 28.1. The monoisotopic (exact) mass is 615 g/mol. The van der Waals surface area contributed by atoms with Crippen LogP contribution in [-0.4, -0.2) is 8.07 Å². The first-order valence-electron chi connectivity index (χ1n) is 15.9. The highest BCUT2D eigenvalue weighted by Gasteiger charge is 2.35. The molecule has 0 atom stereocenters. The molecule has 0 spiro atoms. The van der Waals surface area contributed by atoms with Crippen LogP contribution in [0.3, 0.4) is 0 Å². The smallest absolute Gasteiger partial charge is 0.0775 e. The van der Waals surface area contributed by atoms with Crippen LogP contribution in [0.25, 0.3) is 42.4 Å². The molecule has 0 amide bonds. The number of nitrogens with zero attached hydrogens (tertiary/aromatic N) is 1. The molecule has 0 aliphatic heterocycles. The van der Waals surface area contributed by atoms with Gasteiger partial charge < -0.3 is 4.90 Å². The van der Waals surface area contributed by atoms with Gasteiger partial charge in [-0.25, -0.2) is 0 Å².